The number of carbonyl (C=O) groups excluding carboxylic acids is 1. The summed E-state index contributed by atoms with van der Waals surface area (Å²) in [5.74, 6) is -0.904. The van der Waals surface area contributed by atoms with Crippen LogP contribution >= 0.6 is 0 Å². The standard InChI is InChI=1S/C20H18F4N6O/c21-10-1-2-13(23)12(5-10)17-6-11(22)9-29(17)18-3-4-30-19(28-18)16(8-25-30)27-20(31)26-15-7-14(15)24/h1-5,8,11,14-15,17H,6-7,9H2,(H2,26,27,31)/t11-,14-,15+,17-/m1/s1. The lowest BCUT2D eigenvalue weighted by molar-refractivity contribution is 0.250. The van der Waals surface area contributed by atoms with E-state index in [1.165, 1.54) is 10.7 Å². The lowest BCUT2D eigenvalue weighted by Gasteiger charge is -2.26. The van der Waals surface area contributed by atoms with Crippen LogP contribution in [0.3, 0.4) is 0 Å². The van der Waals surface area contributed by atoms with Gasteiger partial charge >= 0.3 is 6.03 Å². The van der Waals surface area contributed by atoms with Crippen LogP contribution in [0.1, 0.15) is 24.4 Å². The molecule has 5 rings (SSSR count). The predicted molar refractivity (Wildman–Crippen MR) is 104 cm³/mol. The Kier molecular flexibility index (Phi) is 4.67. The average molecular weight is 434 g/mol. The van der Waals surface area contributed by atoms with Crippen molar-refractivity contribution in [1.29, 1.82) is 0 Å². The van der Waals surface area contributed by atoms with Crippen molar-refractivity contribution in [3.05, 3.63) is 53.9 Å². The van der Waals surface area contributed by atoms with Gasteiger partial charge in [0.15, 0.2) is 5.65 Å². The summed E-state index contributed by atoms with van der Waals surface area (Å²) in [4.78, 5) is 18.1. The van der Waals surface area contributed by atoms with Crippen molar-refractivity contribution in [3.8, 4) is 0 Å². The number of hydrogen-bond donors (Lipinski definition) is 2. The molecule has 0 unspecified atom stereocenters. The van der Waals surface area contributed by atoms with Gasteiger partial charge < -0.3 is 15.5 Å². The van der Waals surface area contributed by atoms with Crippen LogP contribution in [0.5, 0.6) is 0 Å². The topological polar surface area (TPSA) is 74.6 Å². The first-order chi connectivity index (χ1) is 14.9. The predicted octanol–water partition coefficient (Wildman–Crippen LogP) is 3.53. The summed E-state index contributed by atoms with van der Waals surface area (Å²) < 4.78 is 56.8. The van der Waals surface area contributed by atoms with Crippen LogP contribution in [-0.4, -0.2) is 45.6 Å². The molecule has 2 aliphatic rings. The first kappa shape index (κ1) is 19.6. The number of anilines is 2. The van der Waals surface area contributed by atoms with Gasteiger partial charge in [0.25, 0.3) is 0 Å². The van der Waals surface area contributed by atoms with E-state index in [2.05, 4.69) is 20.7 Å². The molecule has 1 aromatic carbocycles. The molecule has 1 aliphatic heterocycles. The van der Waals surface area contributed by atoms with Crippen LogP contribution in [0, 0.1) is 11.6 Å². The van der Waals surface area contributed by atoms with E-state index in [1.807, 2.05) is 0 Å². The minimum Gasteiger partial charge on any atom is -0.346 e. The summed E-state index contributed by atoms with van der Waals surface area (Å²) in [6, 6.07) is 2.86. The number of carbonyl (C=O) groups is 1. The molecule has 2 N–H and O–H groups in total. The molecule has 0 spiro atoms. The second-order valence-corrected chi connectivity index (χ2v) is 7.74. The number of alkyl halides is 2. The molecule has 4 atom stereocenters. The third-order valence-corrected chi connectivity index (χ3v) is 5.49. The van der Waals surface area contributed by atoms with Gasteiger partial charge in [0.05, 0.1) is 24.8 Å². The molecule has 0 bridgehead atoms. The van der Waals surface area contributed by atoms with Crippen LogP contribution in [0.15, 0.2) is 36.7 Å². The average Bonchev–Trinajstić information content (AvgIpc) is 3.11. The van der Waals surface area contributed by atoms with E-state index in [9.17, 15) is 22.4 Å². The molecular weight excluding hydrogens is 416 g/mol. The zero-order chi connectivity index (χ0) is 21.7. The van der Waals surface area contributed by atoms with E-state index in [0.717, 1.165) is 18.2 Å². The van der Waals surface area contributed by atoms with Gasteiger partial charge in [-0.3, -0.25) is 0 Å². The van der Waals surface area contributed by atoms with Crippen molar-refractivity contribution in [3.63, 3.8) is 0 Å². The molecular formula is C20H18F4N6O. The fraction of sp³-hybridized carbons (Fsp3) is 0.350. The Balaban J connectivity index is 1.44. The number of nitrogens with one attached hydrogen (secondary N) is 2. The largest absolute Gasteiger partial charge is 0.346 e. The Hall–Kier alpha value is -3.37. The highest BCUT2D eigenvalue weighted by molar-refractivity contribution is 5.93. The minimum atomic E-state index is -1.24. The fourth-order valence-electron chi connectivity index (χ4n) is 3.85. The number of hydrogen-bond acceptors (Lipinski definition) is 4. The molecule has 2 amide bonds. The first-order valence-corrected chi connectivity index (χ1v) is 9.80. The van der Waals surface area contributed by atoms with Crippen molar-refractivity contribution in [2.24, 2.45) is 0 Å². The van der Waals surface area contributed by atoms with Gasteiger partial charge in [-0.25, -0.2) is 31.9 Å². The fourth-order valence-corrected chi connectivity index (χ4v) is 3.85. The highest BCUT2D eigenvalue weighted by atomic mass is 19.1. The van der Waals surface area contributed by atoms with E-state index in [4.69, 9.17) is 0 Å². The number of halogens is 4. The number of fused-ring (bicyclic) bond motifs is 1. The van der Waals surface area contributed by atoms with Gasteiger partial charge in [-0.05, 0) is 24.3 Å². The van der Waals surface area contributed by atoms with Gasteiger partial charge in [0.2, 0.25) is 0 Å². The number of amides is 2. The Labute approximate surface area is 174 Å². The van der Waals surface area contributed by atoms with E-state index in [0.29, 0.717) is 5.82 Å². The molecule has 11 heteroatoms. The van der Waals surface area contributed by atoms with Crippen molar-refractivity contribution in [2.75, 3.05) is 16.8 Å². The Bertz CT molecular complexity index is 1150. The van der Waals surface area contributed by atoms with Gasteiger partial charge in [-0.15, -0.1) is 0 Å². The monoisotopic (exact) mass is 434 g/mol. The van der Waals surface area contributed by atoms with Gasteiger partial charge in [0, 0.05) is 24.6 Å². The van der Waals surface area contributed by atoms with Gasteiger partial charge in [0.1, 0.15) is 35.5 Å². The van der Waals surface area contributed by atoms with Crippen molar-refractivity contribution >= 4 is 23.2 Å². The molecule has 162 valence electrons. The van der Waals surface area contributed by atoms with Crippen molar-refractivity contribution in [2.45, 2.75) is 37.3 Å². The van der Waals surface area contributed by atoms with E-state index in [-0.39, 0.29) is 36.3 Å². The van der Waals surface area contributed by atoms with E-state index < -0.39 is 42.1 Å². The van der Waals surface area contributed by atoms with Crippen LogP contribution in [0.25, 0.3) is 5.65 Å². The molecule has 1 saturated carbocycles. The van der Waals surface area contributed by atoms with Crippen LogP contribution < -0.4 is 15.5 Å². The number of urea groups is 1. The lowest BCUT2D eigenvalue weighted by atomic mass is 10.0. The third kappa shape index (κ3) is 3.75. The summed E-state index contributed by atoms with van der Waals surface area (Å²) in [7, 11) is 0. The summed E-state index contributed by atoms with van der Waals surface area (Å²) >= 11 is 0. The van der Waals surface area contributed by atoms with Gasteiger partial charge in [-0.1, -0.05) is 0 Å². The maximum atomic E-state index is 14.4. The van der Waals surface area contributed by atoms with E-state index >= 15 is 0 Å². The SMILES string of the molecule is O=C(Nc1cnn2ccc(N3C[C@H](F)C[C@@H]3c3cc(F)ccc3F)nc12)N[C@H]1C[C@H]1F. The van der Waals surface area contributed by atoms with E-state index in [1.54, 1.807) is 17.2 Å². The number of rotatable bonds is 4. The highest BCUT2D eigenvalue weighted by Crippen LogP contribution is 2.38. The van der Waals surface area contributed by atoms with Crippen molar-refractivity contribution < 1.29 is 22.4 Å². The second-order valence-electron chi connectivity index (χ2n) is 7.74. The summed E-state index contributed by atoms with van der Waals surface area (Å²) in [6.07, 6.45) is 0.948. The second kappa shape index (κ2) is 7.40. The van der Waals surface area contributed by atoms with Crippen LogP contribution in [0.2, 0.25) is 0 Å². The smallest absolute Gasteiger partial charge is 0.319 e. The van der Waals surface area contributed by atoms with Crippen LogP contribution in [0.4, 0.5) is 33.9 Å². The number of benzene rings is 1. The lowest BCUT2D eigenvalue weighted by Crippen LogP contribution is -2.31. The maximum Gasteiger partial charge on any atom is 0.319 e. The quantitative estimate of drug-likeness (QED) is 0.617. The Morgan fingerprint density at radius 2 is 1.97 bits per heavy atom. The summed E-state index contributed by atoms with van der Waals surface area (Å²) in [5.41, 5.74) is 0.610. The molecule has 0 radical (unpaired) electrons. The zero-order valence-corrected chi connectivity index (χ0v) is 16.1. The van der Waals surface area contributed by atoms with Gasteiger partial charge in [-0.2, -0.15) is 5.10 Å². The molecule has 3 heterocycles. The third-order valence-electron chi connectivity index (χ3n) is 5.49. The number of nitrogens with zero attached hydrogens (tertiary/aromatic N) is 4. The normalized spacial score (nSPS) is 25.1. The molecule has 7 nitrogen and oxygen atoms in total. The number of aromatic nitrogens is 3. The molecule has 1 aliphatic carbocycles. The minimum absolute atomic E-state index is 0.00814. The molecule has 2 fully saturated rings. The maximum absolute atomic E-state index is 14.4. The van der Waals surface area contributed by atoms with Crippen molar-refractivity contribution in [1.82, 2.24) is 19.9 Å². The Morgan fingerprint density at radius 1 is 1.16 bits per heavy atom. The Morgan fingerprint density at radius 3 is 2.74 bits per heavy atom. The molecule has 1 saturated heterocycles. The molecule has 3 aromatic rings. The van der Waals surface area contributed by atoms with Crippen LogP contribution in [-0.2, 0) is 0 Å². The summed E-state index contributed by atoms with van der Waals surface area (Å²) in [6.45, 7) is -0.0409. The first-order valence-electron chi connectivity index (χ1n) is 9.80. The summed E-state index contributed by atoms with van der Waals surface area (Å²) in [5, 5.41) is 9.18. The molecule has 31 heavy (non-hydrogen) atoms. The zero-order valence-electron chi connectivity index (χ0n) is 16.1. The highest BCUT2D eigenvalue weighted by Gasteiger charge is 2.39. The molecule has 2 aromatic heterocycles.